The number of rotatable bonds is 4. The Labute approximate surface area is 96.5 Å². The first kappa shape index (κ1) is 11.3. The van der Waals surface area contributed by atoms with E-state index in [-0.39, 0.29) is 0 Å². The molecule has 0 aliphatic heterocycles. The van der Waals surface area contributed by atoms with Gasteiger partial charge in [-0.1, -0.05) is 6.07 Å². The molecule has 1 aromatic carbocycles. The summed E-state index contributed by atoms with van der Waals surface area (Å²) < 4.78 is 11.1. The van der Waals surface area contributed by atoms with E-state index < -0.39 is 0 Å². The second-order valence-electron chi connectivity index (χ2n) is 4.08. The smallest absolute Gasteiger partial charge is 0.164 e. The van der Waals surface area contributed by atoms with E-state index in [1.165, 1.54) is 24.0 Å². The van der Waals surface area contributed by atoms with Crippen LogP contribution in [-0.2, 0) is 12.8 Å². The zero-order chi connectivity index (χ0) is 11.4. The van der Waals surface area contributed by atoms with Crippen molar-refractivity contribution >= 4 is 0 Å². The maximum atomic E-state index is 5.59. The van der Waals surface area contributed by atoms with E-state index in [0.717, 1.165) is 24.3 Å². The normalized spacial score (nSPS) is 14.4. The number of hydrogen-bond donors (Lipinski definition) is 1. The number of hydrogen-bond acceptors (Lipinski definition) is 3. The standard InChI is InChI=1S/C13H19NO2/c1-15-13-11-5-3-2-4-10(11)6-7-12(13)16-9-8-14/h6-7H,2-5,8-9,14H2,1H3. The summed E-state index contributed by atoms with van der Waals surface area (Å²) >= 11 is 0. The molecule has 88 valence electrons. The summed E-state index contributed by atoms with van der Waals surface area (Å²) in [5.41, 5.74) is 8.17. The first-order chi connectivity index (χ1) is 7.86. The van der Waals surface area contributed by atoms with Gasteiger partial charge in [-0.25, -0.2) is 0 Å². The summed E-state index contributed by atoms with van der Waals surface area (Å²) in [5, 5.41) is 0. The Balaban J connectivity index is 2.31. The Morgan fingerprint density at radius 2 is 2.06 bits per heavy atom. The molecule has 0 aromatic heterocycles. The monoisotopic (exact) mass is 221 g/mol. The van der Waals surface area contributed by atoms with E-state index in [4.69, 9.17) is 15.2 Å². The zero-order valence-corrected chi connectivity index (χ0v) is 9.79. The average Bonchev–Trinajstić information content (AvgIpc) is 2.35. The van der Waals surface area contributed by atoms with E-state index in [1.807, 2.05) is 6.07 Å². The second kappa shape index (κ2) is 5.21. The van der Waals surface area contributed by atoms with Crippen LogP contribution in [0.1, 0.15) is 24.0 Å². The van der Waals surface area contributed by atoms with Crippen LogP contribution in [0.3, 0.4) is 0 Å². The Morgan fingerprint density at radius 3 is 2.81 bits per heavy atom. The number of nitrogens with two attached hydrogens (primary N) is 1. The van der Waals surface area contributed by atoms with Gasteiger partial charge < -0.3 is 15.2 Å². The Hall–Kier alpha value is -1.22. The van der Waals surface area contributed by atoms with Gasteiger partial charge in [0.25, 0.3) is 0 Å². The highest BCUT2D eigenvalue weighted by Gasteiger charge is 2.17. The van der Waals surface area contributed by atoms with Gasteiger partial charge >= 0.3 is 0 Å². The molecule has 1 aliphatic carbocycles. The quantitative estimate of drug-likeness (QED) is 0.844. The van der Waals surface area contributed by atoms with Crippen molar-refractivity contribution in [1.29, 1.82) is 0 Å². The van der Waals surface area contributed by atoms with Gasteiger partial charge in [0.1, 0.15) is 6.61 Å². The van der Waals surface area contributed by atoms with Crippen molar-refractivity contribution in [3.8, 4) is 11.5 Å². The van der Waals surface area contributed by atoms with Crippen molar-refractivity contribution in [3.05, 3.63) is 23.3 Å². The summed E-state index contributed by atoms with van der Waals surface area (Å²) in [6, 6.07) is 4.15. The lowest BCUT2D eigenvalue weighted by molar-refractivity contribution is 0.300. The molecule has 3 nitrogen and oxygen atoms in total. The third-order valence-corrected chi connectivity index (χ3v) is 3.02. The summed E-state index contributed by atoms with van der Waals surface area (Å²) in [6.45, 7) is 1.06. The van der Waals surface area contributed by atoms with E-state index in [1.54, 1.807) is 7.11 Å². The summed E-state index contributed by atoms with van der Waals surface area (Å²) in [4.78, 5) is 0. The largest absolute Gasteiger partial charge is 0.493 e. The van der Waals surface area contributed by atoms with E-state index in [2.05, 4.69) is 6.07 Å². The van der Waals surface area contributed by atoms with Gasteiger partial charge in [0, 0.05) is 12.1 Å². The predicted octanol–water partition coefficient (Wildman–Crippen LogP) is 1.91. The molecule has 0 unspecified atom stereocenters. The molecule has 1 aromatic rings. The van der Waals surface area contributed by atoms with Gasteiger partial charge in [-0.2, -0.15) is 0 Å². The van der Waals surface area contributed by atoms with Crippen molar-refractivity contribution < 1.29 is 9.47 Å². The van der Waals surface area contributed by atoms with Gasteiger partial charge in [-0.05, 0) is 37.3 Å². The van der Waals surface area contributed by atoms with Crippen LogP contribution in [0.4, 0.5) is 0 Å². The van der Waals surface area contributed by atoms with E-state index in [0.29, 0.717) is 13.2 Å². The second-order valence-corrected chi connectivity index (χ2v) is 4.08. The maximum Gasteiger partial charge on any atom is 0.164 e. The number of aryl methyl sites for hydroxylation is 1. The highest BCUT2D eigenvalue weighted by atomic mass is 16.5. The summed E-state index contributed by atoms with van der Waals surface area (Å²) in [5.74, 6) is 1.74. The highest BCUT2D eigenvalue weighted by Crippen LogP contribution is 2.37. The Kier molecular flexibility index (Phi) is 3.67. The van der Waals surface area contributed by atoms with Crippen molar-refractivity contribution in [2.75, 3.05) is 20.3 Å². The van der Waals surface area contributed by atoms with E-state index >= 15 is 0 Å². The Bertz CT molecular complexity index is 363. The third-order valence-electron chi connectivity index (χ3n) is 3.02. The molecule has 1 aliphatic rings. The minimum atomic E-state index is 0.528. The molecule has 0 radical (unpaired) electrons. The molecule has 0 fully saturated rings. The first-order valence-corrected chi connectivity index (χ1v) is 5.88. The van der Waals surface area contributed by atoms with Crippen molar-refractivity contribution in [3.63, 3.8) is 0 Å². The van der Waals surface area contributed by atoms with Crippen molar-refractivity contribution in [1.82, 2.24) is 0 Å². The van der Waals surface area contributed by atoms with Crippen LogP contribution >= 0.6 is 0 Å². The van der Waals surface area contributed by atoms with Crippen LogP contribution in [0.5, 0.6) is 11.5 Å². The van der Waals surface area contributed by atoms with Gasteiger partial charge in [-0.15, -0.1) is 0 Å². The van der Waals surface area contributed by atoms with Crippen molar-refractivity contribution in [2.24, 2.45) is 5.73 Å². The molecule has 0 saturated carbocycles. The molecule has 0 bridgehead atoms. The molecule has 16 heavy (non-hydrogen) atoms. The maximum absolute atomic E-state index is 5.59. The minimum Gasteiger partial charge on any atom is -0.493 e. The third kappa shape index (κ3) is 2.14. The van der Waals surface area contributed by atoms with Crippen LogP contribution in [0.25, 0.3) is 0 Å². The first-order valence-electron chi connectivity index (χ1n) is 5.88. The van der Waals surface area contributed by atoms with Gasteiger partial charge in [0.15, 0.2) is 11.5 Å². The lowest BCUT2D eigenvalue weighted by atomic mass is 9.91. The van der Waals surface area contributed by atoms with Crippen LogP contribution < -0.4 is 15.2 Å². The summed E-state index contributed by atoms with van der Waals surface area (Å²) in [6.07, 6.45) is 4.77. The van der Waals surface area contributed by atoms with Gasteiger partial charge in [-0.3, -0.25) is 0 Å². The summed E-state index contributed by atoms with van der Waals surface area (Å²) in [7, 11) is 1.71. The topological polar surface area (TPSA) is 44.5 Å². The fourth-order valence-corrected chi connectivity index (χ4v) is 2.28. The molecular weight excluding hydrogens is 202 g/mol. The molecule has 0 spiro atoms. The zero-order valence-electron chi connectivity index (χ0n) is 9.79. The lowest BCUT2D eigenvalue weighted by Crippen LogP contribution is -2.12. The van der Waals surface area contributed by atoms with Gasteiger partial charge in [0.05, 0.1) is 7.11 Å². The number of methoxy groups -OCH3 is 1. The van der Waals surface area contributed by atoms with Crippen LogP contribution in [0.2, 0.25) is 0 Å². The highest BCUT2D eigenvalue weighted by molar-refractivity contribution is 5.51. The lowest BCUT2D eigenvalue weighted by Gasteiger charge is -2.21. The molecule has 0 saturated heterocycles. The molecular formula is C13H19NO2. The SMILES string of the molecule is COc1c(OCCN)ccc2c1CCCC2. The molecule has 3 heteroatoms. The number of ether oxygens (including phenoxy) is 2. The van der Waals surface area contributed by atoms with Crippen molar-refractivity contribution in [2.45, 2.75) is 25.7 Å². The Morgan fingerprint density at radius 1 is 1.25 bits per heavy atom. The molecule has 0 heterocycles. The van der Waals surface area contributed by atoms with Crippen LogP contribution in [0.15, 0.2) is 12.1 Å². The molecule has 2 rings (SSSR count). The van der Waals surface area contributed by atoms with E-state index in [9.17, 15) is 0 Å². The van der Waals surface area contributed by atoms with Crippen LogP contribution in [0, 0.1) is 0 Å². The fourth-order valence-electron chi connectivity index (χ4n) is 2.28. The number of fused-ring (bicyclic) bond motifs is 1. The minimum absolute atomic E-state index is 0.528. The average molecular weight is 221 g/mol. The number of benzene rings is 1. The molecule has 2 N–H and O–H groups in total. The van der Waals surface area contributed by atoms with Gasteiger partial charge in [0.2, 0.25) is 0 Å². The predicted molar refractivity (Wildman–Crippen MR) is 64.2 cm³/mol. The van der Waals surface area contributed by atoms with Crippen LogP contribution in [-0.4, -0.2) is 20.3 Å². The molecule has 0 amide bonds. The fraction of sp³-hybridized carbons (Fsp3) is 0.538. The molecule has 0 atom stereocenters.